The molecule has 15 heavy (non-hydrogen) atoms. The highest BCUT2D eigenvalue weighted by molar-refractivity contribution is 6.30. The second kappa shape index (κ2) is 4.11. The van der Waals surface area contributed by atoms with Gasteiger partial charge in [0.25, 0.3) is 0 Å². The number of nitrogens with one attached hydrogen (secondary N) is 1. The number of methoxy groups -OCH3 is 1. The first-order valence-electron chi connectivity index (χ1n) is 4.83. The molecule has 1 unspecified atom stereocenters. The molecule has 1 N–H and O–H groups in total. The van der Waals surface area contributed by atoms with Crippen molar-refractivity contribution in [2.75, 3.05) is 19.0 Å². The second-order valence-corrected chi connectivity index (χ2v) is 3.96. The molecule has 0 saturated carbocycles. The van der Waals surface area contributed by atoms with E-state index in [1.165, 1.54) is 7.11 Å². The lowest BCUT2D eigenvalue weighted by atomic mass is 9.91. The highest BCUT2D eigenvalue weighted by Gasteiger charge is 2.27. The summed E-state index contributed by atoms with van der Waals surface area (Å²) in [5.41, 5.74) is 1.90. The number of esters is 1. The van der Waals surface area contributed by atoms with Gasteiger partial charge in [0.05, 0.1) is 13.0 Å². The minimum absolute atomic E-state index is 0.190. The number of benzene rings is 1. The van der Waals surface area contributed by atoms with Crippen molar-refractivity contribution in [1.29, 1.82) is 0 Å². The van der Waals surface area contributed by atoms with Crippen molar-refractivity contribution in [3.8, 4) is 0 Å². The molecule has 0 spiro atoms. The zero-order valence-corrected chi connectivity index (χ0v) is 9.17. The normalized spacial score (nSPS) is 18.9. The van der Waals surface area contributed by atoms with Crippen LogP contribution in [0.4, 0.5) is 5.69 Å². The molecular weight excluding hydrogens is 214 g/mol. The predicted octanol–water partition coefficient (Wildman–Crippen LogP) is 2.41. The molecule has 1 aliphatic heterocycles. The fourth-order valence-electron chi connectivity index (χ4n) is 1.88. The third-order valence-electron chi connectivity index (χ3n) is 2.62. The van der Waals surface area contributed by atoms with Gasteiger partial charge in [-0.1, -0.05) is 11.6 Å². The zero-order valence-electron chi connectivity index (χ0n) is 8.42. The number of anilines is 1. The third kappa shape index (κ3) is 1.92. The van der Waals surface area contributed by atoms with Crippen molar-refractivity contribution in [3.63, 3.8) is 0 Å². The Morgan fingerprint density at radius 2 is 2.40 bits per heavy atom. The first-order chi connectivity index (χ1) is 7.22. The van der Waals surface area contributed by atoms with Gasteiger partial charge in [0.1, 0.15) is 0 Å². The quantitative estimate of drug-likeness (QED) is 0.746. The van der Waals surface area contributed by atoms with Gasteiger partial charge < -0.3 is 10.1 Å². The van der Waals surface area contributed by atoms with Crippen LogP contribution in [0.5, 0.6) is 0 Å². The Bertz CT molecular complexity index is 392. The summed E-state index contributed by atoms with van der Waals surface area (Å²) in [5, 5.41) is 3.88. The number of fused-ring (bicyclic) bond motifs is 1. The molecule has 4 heteroatoms. The van der Waals surface area contributed by atoms with Crippen molar-refractivity contribution in [2.24, 2.45) is 0 Å². The molecule has 0 radical (unpaired) electrons. The first kappa shape index (κ1) is 10.3. The highest BCUT2D eigenvalue weighted by Crippen LogP contribution is 2.34. The molecule has 1 aromatic rings. The molecule has 0 saturated heterocycles. The van der Waals surface area contributed by atoms with Gasteiger partial charge in [-0.15, -0.1) is 0 Å². The lowest BCUT2D eigenvalue weighted by Gasteiger charge is -2.24. The average Bonchev–Trinajstić information content (AvgIpc) is 2.27. The van der Waals surface area contributed by atoms with E-state index in [9.17, 15) is 4.79 Å². The Balaban J connectivity index is 2.40. The molecule has 1 aromatic carbocycles. The number of rotatable bonds is 1. The van der Waals surface area contributed by atoms with E-state index >= 15 is 0 Å². The summed E-state index contributed by atoms with van der Waals surface area (Å²) in [7, 11) is 1.41. The van der Waals surface area contributed by atoms with Crippen molar-refractivity contribution in [2.45, 2.75) is 12.3 Å². The van der Waals surface area contributed by atoms with E-state index in [4.69, 9.17) is 16.3 Å². The Morgan fingerprint density at radius 3 is 3.13 bits per heavy atom. The number of hydrogen-bond donors (Lipinski definition) is 1. The van der Waals surface area contributed by atoms with Gasteiger partial charge in [-0.25, -0.2) is 0 Å². The Hall–Kier alpha value is -1.22. The Labute approximate surface area is 93.4 Å². The van der Waals surface area contributed by atoms with Crippen LogP contribution in [0.1, 0.15) is 17.9 Å². The molecule has 80 valence electrons. The second-order valence-electron chi connectivity index (χ2n) is 3.52. The van der Waals surface area contributed by atoms with Crippen LogP contribution in [0.15, 0.2) is 18.2 Å². The number of halogens is 1. The van der Waals surface area contributed by atoms with Crippen LogP contribution in [0.2, 0.25) is 5.02 Å². The van der Waals surface area contributed by atoms with Crippen molar-refractivity contribution < 1.29 is 9.53 Å². The lowest BCUT2D eigenvalue weighted by molar-refractivity contribution is -0.142. The van der Waals surface area contributed by atoms with Crippen molar-refractivity contribution in [3.05, 3.63) is 28.8 Å². The van der Waals surface area contributed by atoms with E-state index in [1.807, 2.05) is 18.2 Å². The van der Waals surface area contributed by atoms with E-state index < -0.39 is 0 Å². The van der Waals surface area contributed by atoms with E-state index in [0.717, 1.165) is 24.2 Å². The summed E-state index contributed by atoms with van der Waals surface area (Å²) in [4.78, 5) is 11.5. The SMILES string of the molecule is COC(=O)C1CCNc2ccc(Cl)cc21. The standard InChI is InChI=1S/C11H12ClNO2/c1-15-11(14)8-4-5-13-10-3-2-7(12)6-9(8)10/h2-3,6,8,13H,4-5H2,1H3. The first-order valence-corrected chi connectivity index (χ1v) is 5.21. The van der Waals surface area contributed by atoms with Crippen LogP contribution in [0.3, 0.4) is 0 Å². The molecule has 0 aromatic heterocycles. The molecule has 0 amide bonds. The monoisotopic (exact) mass is 225 g/mol. The van der Waals surface area contributed by atoms with Crippen LogP contribution < -0.4 is 5.32 Å². The van der Waals surface area contributed by atoms with Crippen LogP contribution in [-0.4, -0.2) is 19.6 Å². The van der Waals surface area contributed by atoms with Crippen molar-refractivity contribution in [1.82, 2.24) is 0 Å². The number of carbonyl (C=O) groups is 1. The topological polar surface area (TPSA) is 38.3 Å². The number of hydrogen-bond acceptors (Lipinski definition) is 3. The average molecular weight is 226 g/mol. The lowest BCUT2D eigenvalue weighted by Crippen LogP contribution is -2.23. The molecule has 1 atom stereocenters. The van der Waals surface area contributed by atoms with Crippen LogP contribution in [-0.2, 0) is 9.53 Å². The molecule has 1 heterocycles. The molecule has 3 nitrogen and oxygen atoms in total. The maximum atomic E-state index is 11.5. The van der Waals surface area contributed by atoms with E-state index in [2.05, 4.69) is 5.32 Å². The van der Waals surface area contributed by atoms with Gasteiger partial charge in [0.15, 0.2) is 0 Å². The largest absolute Gasteiger partial charge is 0.469 e. The summed E-state index contributed by atoms with van der Waals surface area (Å²) in [6.07, 6.45) is 0.750. The Morgan fingerprint density at radius 1 is 1.60 bits per heavy atom. The van der Waals surface area contributed by atoms with Gasteiger partial charge in [-0.3, -0.25) is 4.79 Å². The number of ether oxygens (including phenoxy) is 1. The van der Waals surface area contributed by atoms with Gasteiger partial charge >= 0.3 is 5.97 Å². The molecular formula is C11H12ClNO2. The summed E-state index contributed by atoms with van der Waals surface area (Å²) in [5.74, 6) is -0.384. The maximum Gasteiger partial charge on any atom is 0.313 e. The van der Waals surface area contributed by atoms with Gasteiger partial charge in [0, 0.05) is 17.3 Å². The predicted molar refractivity (Wildman–Crippen MR) is 59.3 cm³/mol. The fourth-order valence-corrected chi connectivity index (χ4v) is 2.06. The smallest absolute Gasteiger partial charge is 0.313 e. The molecule has 0 aliphatic carbocycles. The zero-order chi connectivity index (χ0) is 10.8. The van der Waals surface area contributed by atoms with E-state index in [0.29, 0.717) is 5.02 Å². The highest BCUT2D eigenvalue weighted by atomic mass is 35.5. The minimum Gasteiger partial charge on any atom is -0.469 e. The summed E-state index contributed by atoms with van der Waals surface area (Å²) in [6.45, 7) is 0.786. The number of carbonyl (C=O) groups excluding carboxylic acids is 1. The van der Waals surface area contributed by atoms with Gasteiger partial charge in [0.2, 0.25) is 0 Å². The maximum absolute atomic E-state index is 11.5. The van der Waals surface area contributed by atoms with Crippen LogP contribution in [0.25, 0.3) is 0 Å². The molecule has 0 bridgehead atoms. The molecule has 1 aliphatic rings. The van der Waals surface area contributed by atoms with E-state index in [1.54, 1.807) is 0 Å². The van der Waals surface area contributed by atoms with Crippen LogP contribution in [0, 0.1) is 0 Å². The fraction of sp³-hybridized carbons (Fsp3) is 0.364. The minimum atomic E-state index is -0.194. The summed E-state index contributed by atoms with van der Waals surface area (Å²) in [6, 6.07) is 5.53. The summed E-state index contributed by atoms with van der Waals surface area (Å²) < 4.78 is 4.78. The van der Waals surface area contributed by atoms with E-state index in [-0.39, 0.29) is 11.9 Å². The van der Waals surface area contributed by atoms with Gasteiger partial charge in [-0.2, -0.15) is 0 Å². The molecule has 0 fully saturated rings. The van der Waals surface area contributed by atoms with Gasteiger partial charge in [-0.05, 0) is 30.2 Å². The Kier molecular flexibility index (Phi) is 2.82. The molecule has 2 rings (SSSR count). The van der Waals surface area contributed by atoms with Crippen LogP contribution >= 0.6 is 11.6 Å². The summed E-state index contributed by atoms with van der Waals surface area (Å²) >= 11 is 5.91. The third-order valence-corrected chi connectivity index (χ3v) is 2.86. The van der Waals surface area contributed by atoms with Crippen molar-refractivity contribution >= 4 is 23.3 Å².